The molecule has 0 spiro atoms. The Kier molecular flexibility index (Phi) is 7.89. The van der Waals surface area contributed by atoms with Gasteiger partial charge in [-0.25, -0.2) is 4.79 Å². The van der Waals surface area contributed by atoms with Crippen molar-refractivity contribution in [2.75, 3.05) is 31.3 Å². The van der Waals surface area contributed by atoms with E-state index in [1.165, 1.54) is 5.01 Å². The molecule has 1 aromatic rings. The number of likely N-dealkylation sites (tertiary alicyclic amines) is 1. The molecule has 0 aliphatic carbocycles. The number of rotatable bonds is 6. The molecule has 1 fully saturated rings. The van der Waals surface area contributed by atoms with E-state index in [1.807, 2.05) is 39.0 Å². The monoisotopic (exact) mass is 401 g/mol. The number of benzene rings is 1. The van der Waals surface area contributed by atoms with Crippen LogP contribution >= 0.6 is 0 Å². The number of piperidine rings is 1. The summed E-state index contributed by atoms with van der Waals surface area (Å²) in [4.78, 5) is 29.1. The van der Waals surface area contributed by atoms with E-state index in [-0.39, 0.29) is 18.5 Å². The molecule has 1 amide bonds. The first-order valence-electron chi connectivity index (χ1n) is 10.1. The highest BCUT2D eigenvalue weighted by molar-refractivity contribution is 5.70. The number of esters is 1. The molecule has 0 bridgehead atoms. The summed E-state index contributed by atoms with van der Waals surface area (Å²) < 4.78 is 10.4. The molecule has 158 valence electrons. The second-order valence-corrected chi connectivity index (χ2v) is 8.11. The van der Waals surface area contributed by atoms with Crippen LogP contribution in [0.3, 0.4) is 0 Å². The van der Waals surface area contributed by atoms with Crippen molar-refractivity contribution < 1.29 is 19.1 Å². The van der Waals surface area contributed by atoms with Gasteiger partial charge in [0, 0.05) is 13.1 Å². The van der Waals surface area contributed by atoms with Crippen LogP contribution in [-0.4, -0.2) is 48.8 Å². The molecule has 7 nitrogen and oxygen atoms in total. The largest absolute Gasteiger partial charge is 0.466 e. The van der Waals surface area contributed by atoms with E-state index >= 15 is 0 Å². The molecule has 0 aromatic heterocycles. The van der Waals surface area contributed by atoms with E-state index in [0.717, 1.165) is 24.1 Å². The molecule has 0 N–H and O–H groups in total. The van der Waals surface area contributed by atoms with E-state index in [1.54, 1.807) is 11.8 Å². The molecule has 0 saturated carbocycles. The number of nitrogens with zero attached hydrogens (tertiary/aromatic N) is 3. The molecular weight excluding hydrogens is 370 g/mol. The number of anilines is 1. The van der Waals surface area contributed by atoms with Crippen LogP contribution < -0.4 is 5.01 Å². The molecule has 1 saturated heterocycles. The SMILES string of the molecule is [C-]#[N+]N(CCC(=O)OCC)c1cccc(C2CCN(C(=O)OC(C)(C)C)CC2)c1. The summed E-state index contributed by atoms with van der Waals surface area (Å²) in [6.07, 6.45) is 1.62. The van der Waals surface area contributed by atoms with Crippen LogP contribution in [-0.2, 0) is 14.3 Å². The molecule has 29 heavy (non-hydrogen) atoms. The fourth-order valence-electron chi connectivity index (χ4n) is 3.33. The highest BCUT2D eigenvalue weighted by atomic mass is 16.6. The number of amides is 1. The first kappa shape index (κ1) is 22.5. The zero-order valence-electron chi connectivity index (χ0n) is 17.8. The van der Waals surface area contributed by atoms with Crippen molar-refractivity contribution in [1.29, 1.82) is 0 Å². The smallest absolute Gasteiger partial charge is 0.410 e. The maximum Gasteiger partial charge on any atom is 0.410 e. The van der Waals surface area contributed by atoms with Crippen molar-refractivity contribution in [3.8, 4) is 0 Å². The third-order valence-electron chi connectivity index (χ3n) is 4.74. The van der Waals surface area contributed by atoms with Gasteiger partial charge in [0.15, 0.2) is 0 Å². The summed E-state index contributed by atoms with van der Waals surface area (Å²) in [6.45, 7) is 16.8. The number of ether oxygens (including phenoxy) is 2. The van der Waals surface area contributed by atoms with Crippen LogP contribution in [0.25, 0.3) is 4.95 Å². The van der Waals surface area contributed by atoms with Gasteiger partial charge in [0.05, 0.1) is 13.0 Å². The zero-order valence-corrected chi connectivity index (χ0v) is 17.8. The first-order chi connectivity index (χ1) is 13.7. The van der Waals surface area contributed by atoms with Crippen molar-refractivity contribution in [2.45, 2.75) is 58.5 Å². The van der Waals surface area contributed by atoms with Gasteiger partial charge >= 0.3 is 12.1 Å². The summed E-state index contributed by atoms with van der Waals surface area (Å²) >= 11 is 0. The fraction of sp³-hybridized carbons (Fsp3) is 0.591. The normalized spacial score (nSPS) is 14.8. The second-order valence-electron chi connectivity index (χ2n) is 8.11. The van der Waals surface area contributed by atoms with Crippen molar-refractivity contribution in [1.82, 2.24) is 4.90 Å². The zero-order chi connectivity index (χ0) is 21.4. The lowest BCUT2D eigenvalue weighted by Gasteiger charge is -2.33. The summed E-state index contributed by atoms with van der Waals surface area (Å²) in [5.74, 6) is 0.0260. The molecule has 1 aliphatic heterocycles. The summed E-state index contributed by atoms with van der Waals surface area (Å²) in [5, 5.41) is 1.50. The maximum atomic E-state index is 12.2. The quantitative estimate of drug-likeness (QED) is 0.402. The minimum absolute atomic E-state index is 0.175. The summed E-state index contributed by atoms with van der Waals surface area (Å²) in [5.41, 5.74) is 1.43. The van der Waals surface area contributed by atoms with Gasteiger partial charge in [-0.15, -0.1) is 0 Å². The lowest BCUT2D eigenvalue weighted by molar-refractivity contribution is -0.142. The van der Waals surface area contributed by atoms with E-state index in [2.05, 4.69) is 11.0 Å². The Labute approximate surface area is 173 Å². The van der Waals surface area contributed by atoms with Crippen molar-refractivity contribution in [2.24, 2.45) is 0 Å². The predicted molar refractivity (Wildman–Crippen MR) is 111 cm³/mol. The minimum atomic E-state index is -0.491. The fourth-order valence-corrected chi connectivity index (χ4v) is 3.33. The Hall–Kier alpha value is -2.75. The van der Waals surface area contributed by atoms with Gasteiger partial charge in [-0.1, -0.05) is 17.1 Å². The van der Waals surface area contributed by atoms with E-state index < -0.39 is 5.60 Å². The van der Waals surface area contributed by atoms with Gasteiger partial charge in [0.2, 0.25) is 0 Å². The molecular formula is C22H31N3O4. The minimum Gasteiger partial charge on any atom is -0.466 e. The van der Waals surface area contributed by atoms with Crippen molar-refractivity contribution >= 4 is 17.7 Å². The Morgan fingerprint density at radius 1 is 1.28 bits per heavy atom. The molecule has 2 rings (SSSR count). The summed E-state index contributed by atoms with van der Waals surface area (Å²) in [6, 6.07) is 7.89. The third-order valence-corrected chi connectivity index (χ3v) is 4.74. The maximum absolute atomic E-state index is 12.2. The van der Waals surface area contributed by atoms with Crippen LogP contribution in [0.15, 0.2) is 24.3 Å². The van der Waals surface area contributed by atoms with Crippen LogP contribution in [0.1, 0.15) is 58.4 Å². The van der Waals surface area contributed by atoms with Gasteiger partial charge in [0.25, 0.3) is 0 Å². The van der Waals surface area contributed by atoms with Gasteiger partial charge in [-0.3, -0.25) is 4.79 Å². The molecule has 1 aliphatic rings. The van der Waals surface area contributed by atoms with Crippen molar-refractivity contribution in [3.63, 3.8) is 0 Å². The average molecular weight is 402 g/mol. The van der Waals surface area contributed by atoms with Gasteiger partial charge in [-0.2, -0.15) is 11.5 Å². The summed E-state index contributed by atoms with van der Waals surface area (Å²) in [7, 11) is 0. The lowest BCUT2D eigenvalue weighted by Crippen LogP contribution is -2.41. The van der Waals surface area contributed by atoms with Crippen LogP contribution in [0.5, 0.6) is 0 Å². The highest BCUT2D eigenvalue weighted by Gasteiger charge is 2.28. The number of hydrogen-bond acceptors (Lipinski definition) is 5. The Morgan fingerprint density at radius 2 is 1.97 bits per heavy atom. The van der Waals surface area contributed by atoms with Crippen molar-refractivity contribution in [3.05, 3.63) is 41.4 Å². The van der Waals surface area contributed by atoms with E-state index in [0.29, 0.717) is 32.2 Å². The molecule has 0 atom stereocenters. The molecule has 1 aromatic carbocycles. The molecule has 1 heterocycles. The third kappa shape index (κ3) is 6.97. The second kappa shape index (κ2) is 10.1. The van der Waals surface area contributed by atoms with Crippen LogP contribution in [0, 0.1) is 6.57 Å². The Balaban J connectivity index is 1.96. The van der Waals surface area contributed by atoms with Gasteiger partial charge < -0.3 is 14.4 Å². The Bertz CT molecular complexity index is 743. The van der Waals surface area contributed by atoms with E-state index in [4.69, 9.17) is 16.0 Å². The standard InChI is InChI=1S/C22H31N3O4/c1-6-28-20(26)12-15-25(23-5)19-9-7-8-18(16-19)17-10-13-24(14-11-17)21(27)29-22(2,3)4/h7-9,16-17H,6,10-15H2,1-4H3. The molecule has 0 radical (unpaired) electrons. The predicted octanol–water partition coefficient (Wildman–Crippen LogP) is 4.39. The molecule has 7 heteroatoms. The number of carbonyl (C=O) groups is 2. The number of hydrogen-bond donors (Lipinski definition) is 0. The van der Waals surface area contributed by atoms with Crippen LogP contribution in [0.2, 0.25) is 0 Å². The first-order valence-corrected chi connectivity index (χ1v) is 10.1. The van der Waals surface area contributed by atoms with Gasteiger partial charge in [0.1, 0.15) is 17.8 Å². The lowest BCUT2D eigenvalue weighted by atomic mass is 9.89. The molecule has 0 unspecified atom stereocenters. The highest BCUT2D eigenvalue weighted by Crippen LogP contribution is 2.31. The Morgan fingerprint density at radius 3 is 2.55 bits per heavy atom. The van der Waals surface area contributed by atoms with Crippen LogP contribution in [0.4, 0.5) is 10.5 Å². The van der Waals surface area contributed by atoms with E-state index in [9.17, 15) is 9.59 Å². The topological polar surface area (TPSA) is 63.4 Å². The number of carbonyl (C=O) groups excluding carboxylic acids is 2. The van der Waals surface area contributed by atoms with Gasteiger partial charge in [-0.05, 0) is 64.2 Å². The average Bonchev–Trinajstić information content (AvgIpc) is 2.68.